The largest absolute Gasteiger partial charge is 0.443 e. The van der Waals surface area contributed by atoms with Gasteiger partial charge in [0.15, 0.2) is 11.9 Å². The van der Waals surface area contributed by atoms with Crippen LogP contribution < -0.4 is 11.1 Å². The Morgan fingerprint density at radius 1 is 1.47 bits per heavy atom. The van der Waals surface area contributed by atoms with E-state index in [0.717, 1.165) is 23.8 Å². The number of aromatic nitrogens is 2. The first-order valence-corrected chi connectivity index (χ1v) is 6.12. The van der Waals surface area contributed by atoms with Crippen LogP contribution >= 0.6 is 0 Å². The zero-order valence-corrected chi connectivity index (χ0v) is 11.1. The summed E-state index contributed by atoms with van der Waals surface area (Å²) in [6, 6.07) is 5.52. The number of pyridine rings is 1. The van der Waals surface area contributed by atoms with Crippen LogP contribution in [0.5, 0.6) is 0 Å². The molecule has 6 nitrogen and oxygen atoms in total. The molecule has 0 aromatic carbocycles. The van der Waals surface area contributed by atoms with Crippen molar-refractivity contribution in [1.29, 1.82) is 0 Å². The molecular formula is C13H17N5O. The van der Waals surface area contributed by atoms with E-state index in [0.29, 0.717) is 18.3 Å². The molecule has 0 aliphatic heterocycles. The van der Waals surface area contributed by atoms with E-state index in [1.165, 1.54) is 0 Å². The molecule has 0 spiro atoms. The van der Waals surface area contributed by atoms with Crippen molar-refractivity contribution in [2.75, 3.05) is 5.32 Å². The van der Waals surface area contributed by atoms with Gasteiger partial charge in [-0.2, -0.15) is 0 Å². The van der Waals surface area contributed by atoms with Gasteiger partial charge in [-0.1, -0.05) is 13.0 Å². The van der Waals surface area contributed by atoms with Crippen LogP contribution in [0.15, 0.2) is 33.8 Å². The quantitative estimate of drug-likeness (QED) is 0.646. The van der Waals surface area contributed by atoms with Crippen molar-refractivity contribution in [3.8, 4) is 0 Å². The topological polar surface area (TPSA) is 89.3 Å². The predicted octanol–water partition coefficient (Wildman–Crippen LogP) is 1.87. The Kier molecular flexibility index (Phi) is 4.12. The molecule has 0 radical (unpaired) electrons. The first kappa shape index (κ1) is 13.1. The molecular weight excluding hydrogens is 242 g/mol. The fourth-order valence-electron chi connectivity index (χ4n) is 1.55. The second kappa shape index (κ2) is 5.99. The summed E-state index contributed by atoms with van der Waals surface area (Å²) in [6.45, 7) is 4.26. The lowest BCUT2D eigenvalue weighted by atomic mass is 10.4. The lowest BCUT2D eigenvalue weighted by Gasteiger charge is -2.03. The van der Waals surface area contributed by atoms with Crippen molar-refractivity contribution in [1.82, 2.24) is 9.97 Å². The van der Waals surface area contributed by atoms with Crippen molar-refractivity contribution < 1.29 is 4.42 Å². The molecule has 19 heavy (non-hydrogen) atoms. The second-order valence-corrected chi connectivity index (χ2v) is 4.01. The summed E-state index contributed by atoms with van der Waals surface area (Å²) < 4.78 is 5.55. The van der Waals surface area contributed by atoms with Gasteiger partial charge in [-0.25, -0.2) is 15.0 Å². The summed E-state index contributed by atoms with van der Waals surface area (Å²) in [7, 11) is 0. The zero-order chi connectivity index (χ0) is 13.7. The Bertz CT molecular complexity index is 562. The SMILES string of the molecule is CCc1nc(C)c(CN=C(N)Nc2ccccn2)o1. The minimum Gasteiger partial charge on any atom is -0.443 e. The molecule has 3 N–H and O–H groups in total. The Labute approximate surface area is 111 Å². The average Bonchev–Trinajstić information content (AvgIpc) is 2.78. The molecule has 0 amide bonds. The lowest BCUT2D eigenvalue weighted by molar-refractivity contribution is 0.461. The molecule has 0 aliphatic rings. The third-order valence-corrected chi connectivity index (χ3v) is 2.55. The normalized spacial score (nSPS) is 11.6. The minimum absolute atomic E-state index is 0.299. The number of oxazole rings is 1. The highest BCUT2D eigenvalue weighted by molar-refractivity contribution is 5.91. The van der Waals surface area contributed by atoms with E-state index >= 15 is 0 Å². The lowest BCUT2D eigenvalue weighted by Crippen LogP contribution is -2.23. The third-order valence-electron chi connectivity index (χ3n) is 2.55. The predicted molar refractivity (Wildman–Crippen MR) is 73.8 cm³/mol. The molecule has 6 heteroatoms. The first-order chi connectivity index (χ1) is 9.19. The molecule has 0 fully saturated rings. The van der Waals surface area contributed by atoms with Gasteiger partial charge in [0, 0.05) is 12.6 Å². The van der Waals surface area contributed by atoms with Crippen LogP contribution in [-0.4, -0.2) is 15.9 Å². The van der Waals surface area contributed by atoms with Gasteiger partial charge in [0.05, 0.1) is 5.69 Å². The van der Waals surface area contributed by atoms with Gasteiger partial charge in [0.1, 0.15) is 18.1 Å². The maximum atomic E-state index is 5.78. The molecule has 0 saturated heterocycles. The van der Waals surface area contributed by atoms with Crippen LogP contribution in [0.1, 0.15) is 24.3 Å². The fourth-order valence-corrected chi connectivity index (χ4v) is 1.55. The Morgan fingerprint density at radius 2 is 2.32 bits per heavy atom. The van der Waals surface area contributed by atoms with Crippen LogP contribution in [0.2, 0.25) is 0 Å². The number of aliphatic imine (C=N–C) groups is 1. The smallest absolute Gasteiger partial charge is 0.194 e. The van der Waals surface area contributed by atoms with Crippen molar-refractivity contribution in [3.05, 3.63) is 41.7 Å². The van der Waals surface area contributed by atoms with Gasteiger partial charge >= 0.3 is 0 Å². The molecule has 0 saturated carbocycles. The Balaban J connectivity index is 1.99. The molecule has 0 unspecified atom stereocenters. The molecule has 0 aliphatic carbocycles. The van der Waals surface area contributed by atoms with Crippen LogP contribution in [0.3, 0.4) is 0 Å². The van der Waals surface area contributed by atoms with Crippen molar-refractivity contribution in [3.63, 3.8) is 0 Å². The van der Waals surface area contributed by atoms with Gasteiger partial charge in [0.25, 0.3) is 0 Å². The zero-order valence-electron chi connectivity index (χ0n) is 11.1. The third kappa shape index (κ3) is 3.54. The summed E-state index contributed by atoms with van der Waals surface area (Å²) in [5.74, 6) is 2.42. The van der Waals surface area contributed by atoms with Crippen LogP contribution in [0, 0.1) is 6.92 Å². The van der Waals surface area contributed by atoms with Gasteiger partial charge in [-0.15, -0.1) is 0 Å². The summed E-state index contributed by atoms with van der Waals surface area (Å²) in [4.78, 5) is 12.6. The van der Waals surface area contributed by atoms with E-state index in [9.17, 15) is 0 Å². The Hall–Kier alpha value is -2.37. The molecule has 100 valence electrons. The highest BCUT2D eigenvalue weighted by Gasteiger charge is 2.07. The minimum atomic E-state index is 0.299. The highest BCUT2D eigenvalue weighted by atomic mass is 16.4. The highest BCUT2D eigenvalue weighted by Crippen LogP contribution is 2.11. The van der Waals surface area contributed by atoms with E-state index in [-0.39, 0.29) is 0 Å². The summed E-state index contributed by atoms with van der Waals surface area (Å²) in [5.41, 5.74) is 6.63. The number of aryl methyl sites for hydroxylation is 2. The maximum absolute atomic E-state index is 5.78. The van der Waals surface area contributed by atoms with E-state index in [4.69, 9.17) is 10.2 Å². The Morgan fingerprint density at radius 3 is 2.95 bits per heavy atom. The van der Waals surface area contributed by atoms with E-state index in [1.54, 1.807) is 6.20 Å². The standard InChI is InChI=1S/C13H17N5O/c1-3-12-17-9(2)10(19-12)8-16-13(14)18-11-6-4-5-7-15-11/h4-7H,3,8H2,1-2H3,(H3,14,15,16,18). The van der Waals surface area contributed by atoms with Crippen LogP contribution in [0.4, 0.5) is 5.82 Å². The maximum Gasteiger partial charge on any atom is 0.194 e. The number of nitrogens with zero attached hydrogens (tertiary/aromatic N) is 3. The first-order valence-electron chi connectivity index (χ1n) is 6.12. The van der Waals surface area contributed by atoms with E-state index in [1.807, 2.05) is 32.0 Å². The number of nitrogens with one attached hydrogen (secondary N) is 1. The number of anilines is 1. The second-order valence-electron chi connectivity index (χ2n) is 4.01. The summed E-state index contributed by atoms with van der Waals surface area (Å²) in [6.07, 6.45) is 2.45. The molecule has 2 aromatic rings. The molecule has 0 atom stereocenters. The van der Waals surface area contributed by atoms with Crippen molar-refractivity contribution in [2.24, 2.45) is 10.7 Å². The molecule has 2 aromatic heterocycles. The van der Waals surface area contributed by atoms with Crippen LogP contribution in [0.25, 0.3) is 0 Å². The van der Waals surface area contributed by atoms with Gasteiger partial charge in [-0.3, -0.25) is 0 Å². The van der Waals surface area contributed by atoms with Gasteiger partial charge < -0.3 is 15.5 Å². The fraction of sp³-hybridized carbons (Fsp3) is 0.308. The molecule has 2 rings (SSSR count). The van der Waals surface area contributed by atoms with Crippen molar-refractivity contribution >= 4 is 11.8 Å². The molecule has 0 bridgehead atoms. The van der Waals surface area contributed by atoms with E-state index in [2.05, 4.69) is 20.3 Å². The number of nitrogens with two attached hydrogens (primary N) is 1. The van der Waals surface area contributed by atoms with Crippen molar-refractivity contribution in [2.45, 2.75) is 26.8 Å². The monoisotopic (exact) mass is 259 g/mol. The molecule has 2 heterocycles. The number of guanidine groups is 1. The van der Waals surface area contributed by atoms with Gasteiger partial charge in [0.2, 0.25) is 0 Å². The van der Waals surface area contributed by atoms with Crippen LogP contribution in [-0.2, 0) is 13.0 Å². The van der Waals surface area contributed by atoms with E-state index < -0.39 is 0 Å². The summed E-state index contributed by atoms with van der Waals surface area (Å²) in [5, 5.41) is 2.91. The van der Waals surface area contributed by atoms with Gasteiger partial charge in [-0.05, 0) is 19.1 Å². The average molecular weight is 259 g/mol. The number of hydrogen-bond donors (Lipinski definition) is 2. The number of rotatable bonds is 4. The number of hydrogen-bond acceptors (Lipinski definition) is 4. The summed E-state index contributed by atoms with van der Waals surface area (Å²) >= 11 is 0.